The third-order valence-electron chi connectivity index (χ3n) is 9.09. The number of benzene rings is 5. The van der Waals surface area contributed by atoms with Gasteiger partial charge in [0.1, 0.15) is 0 Å². The zero-order valence-electron chi connectivity index (χ0n) is 22.8. The highest BCUT2D eigenvalue weighted by Crippen LogP contribution is 2.51. The average molecular weight is 545 g/mol. The van der Waals surface area contributed by atoms with Gasteiger partial charge < -0.3 is 9.47 Å². The third kappa shape index (κ3) is 3.30. The van der Waals surface area contributed by atoms with Crippen molar-refractivity contribution in [1.29, 1.82) is 0 Å². The number of allylic oxidation sites excluding steroid dienone is 1. The van der Waals surface area contributed by atoms with Gasteiger partial charge >= 0.3 is 0 Å². The average Bonchev–Trinajstić information content (AvgIpc) is 3.56. The van der Waals surface area contributed by atoms with Gasteiger partial charge in [-0.25, -0.2) is 0 Å². The Balaban J connectivity index is 1.37. The molecule has 0 radical (unpaired) electrons. The van der Waals surface area contributed by atoms with Gasteiger partial charge in [0.15, 0.2) is 0 Å². The van der Waals surface area contributed by atoms with Crippen LogP contribution in [-0.4, -0.2) is 4.57 Å². The minimum atomic E-state index is 0.460. The first-order chi connectivity index (χ1) is 20.3. The number of anilines is 2. The van der Waals surface area contributed by atoms with Gasteiger partial charge in [0.05, 0.1) is 16.9 Å². The number of nitrogens with zero attached hydrogens (tertiary/aromatic N) is 2. The van der Waals surface area contributed by atoms with Crippen LogP contribution in [0.1, 0.15) is 23.7 Å². The minimum Gasteiger partial charge on any atom is -0.308 e. The van der Waals surface area contributed by atoms with Crippen LogP contribution < -0.4 is 4.90 Å². The fourth-order valence-electron chi connectivity index (χ4n) is 7.26. The van der Waals surface area contributed by atoms with E-state index < -0.39 is 0 Å². The lowest BCUT2D eigenvalue weighted by Gasteiger charge is -2.40. The van der Waals surface area contributed by atoms with E-state index in [-0.39, 0.29) is 0 Å². The second-order valence-electron chi connectivity index (χ2n) is 11.4. The number of fused-ring (bicyclic) bond motifs is 8. The maximum Gasteiger partial charge on any atom is 0.0741 e. The van der Waals surface area contributed by atoms with Crippen LogP contribution >= 0.6 is 11.3 Å². The van der Waals surface area contributed by atoms with Crippen molar-refractivity contribution in [3.05, 3.63) is 144 Å². The van der Waals surface area contributed by atoms with Crippen LogP contribution in [0, 0.1) is 5.92 Å². The molecular formula is C38H28N2S. The normalized spacial score (nSPS) is 16.3. The molecule has 7 aromatic rings. The summed E-state index contributed by atoms with van der Waals surface area (Å²) in [5.74, 6) is 0.460. The molecule has 41 heavy (non-hydrogen) atoms. The van der Waals surface area contributed by atoms with Gasteiger partial charge in [0.2, 0.25) is 0 Å². The van der Waals surface area contributed by atoms with Crippen LogP contribution in [-0.2, 0) is 12.8 Å². The van der Waals surface area contributed by atoms with Crippen LogP contribution in [0.4, 0.5) is 11.4 Å². The van der Waals surface area contributed by atoms with Crippen molar-refractivity contribution in [3.8, 4) is 5.69 Å². The molecule has 0 bridgehead atoms. The maximum atomic E-state index is 2.56. The third-order valence-corrected chi connectivity index (χ3v) is 10.2. The fraction of sp³-hybridized carbons (Fsp3) is 0.105. The van der Waals surface area contributed by atoms with E-state index in [4.69, 9.17) is 0 Å². The first-order valence-corrected chi connectivity index (χ1v) is 15.3. The monoisotopic (exact) mass is 544 g/mol. The number of aromatic nitrogens is 1. The van der Waals surface area contributed by atoms with E-state index in [1.54, 1.807) is 0 Å². The molecule has 3 heteroatoms. The van der Waals surface area contributed by atoms with Crippen LogP contribution in [0.2, 0.25) is 0 Å². The Morgan fingerprint density at radius 3 is 2.29 bits per heavy atom. The Kier molecular flexibility index (Phi) is 4.91. The topological polar surface area (TPSA) is 8.17 Å². The van der Waals surface area contributed by atoms with E-state index in [1.165, 1.54) is 76.2 Å². The minimum absolute atomic E-state index is 0.460. The number of hydrogen-bond donors (Lipinski definition) is 0. The molecule has 2 nitrogen and oxygen atoms in total. The molecule has 2 aromatic heterocycles. The van der Waals surface area contributed by atoms with Gasteiger partial charge in [-0.05, 0) is 77.9 Å². The van der Waals surface area contributed by atoms with Crippen molar-refractivity contribution >= 4 is 59.5 Å². The lowest BCUT2D eigenvalue weighted by Crippen LogP contribution is -2.30. The summed E-state index contributed by atoms with van der Waals surface area (Å²) in [6, 6.07) is 44.7. The van der Waals surface area contributed by atoms with Gasteiger partial charge in [0.25, 0.3) is 0 Å². The van der Waals surface area contributed by atoms with Crippen LogP contribution in [0.15, 0.2) is 127 Å². The van der Waals surface area contributed by atoms with Crippen molar-refractivity contribution in [2.75, 3.05) is 4.90 Å². The summed E-state index contributed by atoms with van der Waals surface area (Å²) in [6.07, 6.45) is 2.05. The first kappa shape index (κ1) is 23.1. The Labute approximate surface area is 243 Å². The van der Waals surface area contributed by atoms with Crippen molar-refractivity contribution in [1.82, 2.24) is 4.57 Å². The maximum absolute atomic E-state index is 2.56. The van der Waals surface area contributed by atoms with Gasteiger partial charge in [0, 0.05) is 42.6 Å². The molecule has 1 atom stereocenters. The Hall–Kier alpha value is -4.60. The number of thiophene rings is 1. The van der Waals surface area contributed by atoms with Gasteiger partial charge in [-0.15, -0.1) is 11.3 Å². The number of rotatable bonds is 2. The Morgan fingerprint density at radius 1 is 0.659 bits per heavy atom. The highest BCUT2D eigenvalue weighted by molar-refractivity contribution is 7.25. The molecule has 3 heterocycles. The first-order valence-electron chi connectivity index (χ1n) is 14.5. The van der Waals surface area contributed by atoms with Crippen molar-refractivity contribution < 1.29 is 0 Å². The fourth-order valence-corrected chi connectivity index (χ4v) is 8.39. The molecule has 5 aromatic carbocycles. The summed E-state index contributed by atoms with van der Waals surface area (Å²) < 4.78 is 5.24. The zero-order valence-corrected chi connectivity index (χ0v) is 23.7. The summed E-state index contributed by atoms with van der Waals surface area (Å²) in [4.78, 5) is 2.54. The highest BCUT2D eigenvalue weighted by atomic mass is 32.1. The second kappa shape index (κ2) is 8.70. The van der Waals surface area contributed by atoms with E-state index in [0.29, 0.717) is 5.92 Å². The van der Waals surface area contributed by atoms with Gasteiger partial charge in [-0.1, -0.05) is 85.8 Å². The zero-order chi connectivity index (χ0) is 27.1. The smallest absolute Gasteiger partial charge is 0.0741 e. The number of hydrogen-bond acceptors (Lipinski definition) is 2. The quantitative estimate of drug-likeness (QED) is 0.210. The summed E-state index contributed by atoms with van der Waals surface area (Å²) in [6.45, 7) is 2.42. The molecule has 0 fully saturated rings. The van der Waals surface area contributed by atoms with Crippen LogP contribution in [0.3, 0.4) is 0 Å². The van der Waals surface area contributed by atoms with Crippen LogP contribution in [0.25, 0.3) is 42.5 Å². The number of para-hydroxylation sites is 3. The molecule has 9 rings (SSSR count). The van der Waals surface area contributed by atoms with Crippen LogP contribution in [0.5, 0.6) is 0 Å². The standard InChI is InChI=1S/C38H28N2S/c1-24-21-32-28-14-6-9-17-34(28)40(27-19-20-30-29-15-7-10-18-35(29)41-36(30)23-27)38(32)37-31(24)22-25-11-5-8-16-33(25)39(37)26-12-3-2-4-13-26/h2-20,23-24H,21-22H2,1H3. The molecule has 0 amide bonds. The molecule has 0 spiro atoms. The molecule has 196 valence electrons. The summed E-state index contributed by atoms with van der Waals surface area (Å²) in [5, 5.41) is 4.05. The molecule has 0 saturated carbocycles. The molecule has 1 aliphatic carbocycles. The van der Waals surface area contributed by atoms with E-state index in [2.05, 4.69) is 138 Å². The largest absolute Gasteiger partial charge is 0.308 e. The predicted octanol–water partition coefficient (Wildman–Crippen LogP) is 10.3. The van der Waals surface area contributed by atoms with Crippen molar-refractivity contribution in [2.45, 2.75) is 19.8 Å². The van der Waals surface area contributed by atoms with Gasteiger partial charge in [-0.2, -0.15) is 0 Å². The van der Waals surface area contributed by atoms with E-state index in [9.17, 15) is 0 Å². The predicted molar refractivity (Wildman–Crippen MR) is 175 cm³/mol. The molecule has 1 aliphatic heterocycles. The lowest BCUT2D eigenvalue weighted by molar-refractivity contribution is 0.642. The molecule has 0 saturated heterocycles. The molecular weight excluding hydrogens is 516 g/mol. The lowest BCUT2D eigenvalue weighted by atomic mass is 9.78. The molecule has 0 N–H and O–H groups in total. The van der Waals surface area contributed by atoms with E-state index >= 15 is 0 Å². The van der Waals surface area contributed by atoms with E-state index in [0.717, 1.165) is 12.8 Å². The van der Waals surface area contributed by atoms with Crippen molar-refractivity contribution in [3.63, 3.8) is 0 Å². The molecule has 1 unspecified atom stereocenters. The Morgan fingerprint density at radius 2 is 1.39 bits per heavy atom. The second-order valence-corrected chi connectivity index (χ2v) is 12.5. The Bertz CT molecular complexity index is 2180. The SMILES string of the molecule is CC1Cc2c(n(-c3ccc4c(c3)sc3ccccc34)c3ccccc23)C2=C1Cc1ccccc1N2c1ccccc1. The summed E-state index contributed by atoms with van der Waals surface area (Å²) in [7, 11) is 0. The van der Waals surface area contributed by atoms with Crippen molar-refractivity contribution in [2.24, 2.45) is 5.92 Å². The summed E-state index contributed by atoms with van der Waals surface area (Å²) in [5.41, 5.74) is 12.1. The van der Waals surface area contributed by atoms with Gasteiger partial charge in [-0.3, -0.25) is 0 Å². The van der Waals surface area contributed by atoms with E-state index in [1.807, 2.05) is 11.3 Å². The highest BCUT2D eigenvalue weighted by Gasteiger charge is 2.37. The molecule has 2 aliphatic rings. The summed E-state index contributed by atoms with van der Waals surface area (Å²) >= 11 is 1.89.